The van der Waals surface area contributed by atoms with Crippen molar-refractivity contribution in [3.05, 3.63) is 48.3 Å². The van der Waals surface area contributed by atoms with Crippen LogP contribution < -0.4 is 0 Å². The van der Waals surface area contributed by atoms with Crippen LogP contribution in [0.15, 0.2) is 36.9 Å². The summed E-state index contributed by atoms with van der Waals surface area (Å²) in [6.45, 7) is 3.53. The molecule has 1 nitrogen and oxygen atoms in total. The summed E-state index contributed by atoms with van der Waals surface area (Å²) in [5, 5.41) is 9.40. The molecule has 0 bridgehead atoms. The number of hydrogen-bond acceptors (Lipinski definition) is 1. The molecule has 1 aromatic carbocycles. The summed E-state index contributed by atoms with van der Waals surface area (Å²) >= 11 is 0. The molecular formula is C11H13FO. The molecule has 1 atom stereocenters. The fourth-order valence-electron chi connectivity index (χ4n) is 1.21. The summed E-state index contributed by atoms with van der Waals surface area (Å²) in [6.07, 6.45) is 2.21. The van der Waals surface area contributed by atoms with E-state index in [2.05, 4.69) is 6.58 Å². The molecule has 0 aliphatic rings. The molecule has 0 spiro atoms. The number of rotatable bonds is 4. The van der Waals surface area contributed by atoms with Gasteiger partial charge in [-0.1, -0.05) is 18.2 Å². The lowest BCUT2D eigenvalue weighted by molar-refractivity contribution is 0.178. The van der Waals surface area contributed by atoms with Gasteiger partial charge in [0.2, 0.25) is 0 Å². The first kappa shape index (κ1) is 9.93. The molecule has 1 aromatic rings. The van der Waals surface area contributed by atoms with Crippen LogP contribution in [0, 0.1) is 5.82 Å². The predicted molar refractivity (Wildman–Crippen MR) is 50.9 cm³/mol. The van der Waals surface area contributed by atoms with E-state index in [9.17, 15) is 9.50 Å². The second-order valence-electron chi connectivity index (χ2n) is 3.01. The molecule has 13 heavy (non-hydrogen) atoms. The molecule has 0 aliphatic heterocycles. The molecule has 1 N–H and O–H groups in total. The van der Waals surface area contributed by atoms with Gasteiger partial charge in [-0.3, -0.25) is 0 Å². The van der Waals surface area contributed by atoms with E-state index in [0.29, 0.717) is 12.8 Å². The summed E-state index contributed by atoms with van der Waals surface area (Å²) in [6, 6.07) is 6.27. The van der Waals surface area contributed by atoms with E-state index < -0.39 is 6.10 Å². The van der Waals surface area contributed by atoms with Crippen LogP contribution in [0.2, 0.25) is 0 Å². The Morgan fingerprint density at radius 2 is 2.31 bits per heavy atom. The van der Waals surface area contributed by atoms with Gasteiger partial charge in [0.25, 0.3) is 0 Å². The molecular weight excluding hydrogens is 167 g/mol. The average Bonchev–Trinajstić information content (AvgIpc) is 2.04. The lowest BCUT2D eigenvalue weighted by atomic mass is 10.1. The number of halogens is 1. The van der Waals surface area contributed by atoms with Crippen molar-refractivity contribution in [1.29, 1.82) is 0 Å². The number of benzene rings is 1. The van der Waals surface area contributed by atoms with E-state index >= 15 is 0 Å². The van der Waals surface area contributed by atoms with Gasteiger partial charge >= 0.3 is 0 Å². The molecule has 1 rings (SSSR count). The van der Waals surface area contributed by atoms with Gasteiger partial charge in [0.15, 0.2) is 0 Å². The van der Waals surface area contributed by atoms with E-state index in [-0.39, 0.29) is 5.82 Å². The van der Waals surface area contributed by atoms with Gasteiger partial charge < -0.3 is 5.11 Å². The highest BCUT2D eigenvalue weighted by molar-refractivity contribution is 5.17. The van der Waals surface area contributed by atoms with Gasteiger partial charge in [-0.05, 0) is 30.5 Å². The Morgan fingerprint density at radius 3 is 2.92 bits per heavy atom. The maximum Gasteiger partial charge on any atom is 0.123 e. The van der Waals surface area contributed by atoms with E-state index in [4.69, 9.17) is 0 Å². The summed E-state index contributed by atoms with van der Waals surface area (Å²) in [5.41, 5.74) is 0.814. The quantitative estimate of drug-likeness (QED) is 0.705. The van der Waals surface area contributed by atoms with Crippen LogP contribution in [-0.4, -0.2) is 11.2 Å². The molecule has 0 aromatic heterocycles. The molecule has 0 unspecified atom stereocenters. The number of hydrogen-bond donors (Lipinski definition) is 1. The van der Waals surface area contributed by atoms with Crippen molar-refractivity contribution in [2.45, 2.75) is 18.9 Å². The van der Waals surface area contributed by atoms with E-state index in [1.54, 1.807) is 18.2 Å². The molecule has 0 aliphatic carbocycles. The van der Waals surface area contributed by atoms with Crippen molar-refractivity contribution in [3.63, 3.8) is 0 Å². The Kier molecular flexibility index (Phi) is 3.65. The number of aliphatic hydroxyl groups is 1. The van der Waals surface area contributed by atoms with Gasteiger partial charge in [0, 0.05) is 0 Å². The Morgan fingerprint density at radius 1 is 1.54 bits per heavy atom. The van der Waals surface area contributed by atoms with Gasteiger partial charge in [-0.15, -0.1) is 6.58 Å². The van der Waals surface area contributed by atoms with Crippen LogP contribution in [0.4, 0.5) is 4.39 Å². The molecule has 0 saturated carbocycles. The zero-order valence-electron chi connectivity index (χ0n) is 7.41. The van der Waals surface area contributed by atoms with Crippen molar-refractivity contribution in [3.8, 4) is 0 Å². The first-order valence-corrected chi connectivity index (χ1v) is 4.26. The first-order chi connectivity index (χ1) is 6.22. The van der Waals surface area contributed by atoms with Crippen LogP contribution in [0.3, 0.4) is 0 Å². The second kappa shape index (κ2) is 4.77. The fraction of sp³-hybridized carbons (Fsp3) is 0.273. The molecule has 0 fully saturated rings. The van der Waals surface area contributed by atoms with E-state index in [1.165, 1.54) is 12.1 Å². The summed E-state index contributed by atoms with van der Waals surface area (Å²) in [5.74, 6) is -0.261. The molecule has 70 valence electrons. The van der Waals surface area contributed by atoms with Crippen LogP contribution in [0.1, 0.15) is 12.0 Å². The third-order valence-electron chi connectivity index (χ3n) is 1.80. The molecule has 2 heteroatoms. The third-order valence-corrected chi connectivity index (χ3v) is 1.80. The van der Waals surface area contributed by atoms with Gasteiger partial charge in [-0.25, -0.2) is 4.39 Å². The van der Waals surface area contributed by atoms with Crippen LogP contribution in [0.25, 0.3) is 0 Å². The molecule has 0 radical (unpaired) electrons. The minimum absolute atomic E-state index is 0.261. The lowest BCUT2D eigenvalue weighted by Gasteiger charge is -2.07. The molecule has 0 heterocycles. The summed E-state index contributed by atoms with van der Waals surface area (Å²) < 4.78 is 12.7. The predicted octanol–water partition coefficient (Wildman–Crippen LogP) is 2.31. The van der Waals surface area contributed by atoms with Gasteiger partial charge in [-0.2, -0.15) is 0 Å². The largest absolute Gasteiger partial charge is 0.392 e. The zero-order chi connectivity index (χ0) is 9.68. The Balaban J connectivity index is 2.58. The highest BCUT2D eigenvalue weighted by Gasteiger charge is 2.03. The van der Waals surface area contributed by atoms with Crippen LogP contribution in [-0.2, 0) is 6.42 Å². The SMILES string of the molecule is C=CC[C@@H](O)Cc1cccc(F)c1. The van der Waals surface area contributed by atoms with E-state index in [0.717, 1.165) is 5.56 Å². The monoisotopic (exact) mass is 180 g/mol. The second-order valence-corrected chi connectivity index (χ2v) is 3.01. The zero-order valence-corrected chi connectivity index (χ0v) is 7.41. The average molecular weight is 180 g/mol. The van der Waals surface area contributed by atoms with Crippen molar-refractivity contribution >= 4 is 0 Å². The van der Waals surface area contributed by atoms with Gasteiger partial charge in [0.1, 0.15) is 5.82 Å². The fourth-order valence-corrected chi connectivity index (χ4v) is 1.21. The minimum Gasteiger partial charge on any atom is -0.392 e. The maximum absolute atomic E-state index is 12.7. The Hall–Kier alpha value is -1.15. The third kappa shape index (κ3) is 3.38. The van der Waals surface area contributed by atoms with Crippen molar-refractivity contribution in [1.82, 2.24) is 0 Å². The standard InChI is InChI=1S/C11H13FO/c1-2-4-11(13)8-9-5-3-6-10(12)7-9/h2-3,5-7,11,13H,1,4,8H2/t11-/m1/s1. The van der Waals surface area contributed by atoms with Gasteiger partial charge in [0.05, 0.1) is 6.10 Å². The summed E-state index contributed by atoms with van der Waals surface area (Å²) in [4.78, 5) is 0. The topological polar surface area (TPSA) is 20.2 Å². The van der Waals surface area contributed by atoms with Crippen molar-refractivity contribution in [2.24, 2.45) is 0 Å². The summed E-state index contributed by atoms with van der Waals surface area (Å²) in [7, 11) is 0. The van der Waals surface area contributed by atoms with E-state index in [1.807, 2.05) is 0 Å². The highest BCUT2D eigenvalue weighted by atomic mass is 19.1. The maximum atomic E-state index is 12.7. The van der Waals surface area contributed by atoms with Crippen LogP contribution >= 0.6 is 0 Å². The lowest BCUT2D eigenvalue weighted by Crippen LogP contribution is -2.08. The smallest absolute Gasteiger partial charge is 0.123 e. The first-order valence-electron chi connectivity index (χ1n) is 4.26. The van der Waals surface area contributed by atoms with Crippen molar-refractivity contribution in [2.75, 3.05) is 0 Å². The Labute approximate surface area is 77.5 Å². The molecule has 0 saturated heterocycles. The van der Waals surface area contributed by atoms with Crippen LogP contribution in [0.5, 0.6) is 0 Å². The Bertz CT molecular complexity index is 283. The minimum atomic E-state index is -0.459. The highest BCUT2D eigenvalue weighted by Crippen LogP contribution is 2.08. The molecule has 0 amide bonds. The normalized spacial score (nSPS) is 12.5. The van der Waals surface area contributed by atoms with Crippen molar-refractivity contribution < 1.29 is 9.50 Å². The number of aliphatic hydroxyl groups excluding tert-OH is 1.